The van der Waals surface area contributed by atoms with Gasteiger partial charge in [-0.15, -0.1) is 0 Å². The number of rotatable bonds is 1. The van der Waals surface area contributed by atoms with Crippen LogP contribution >= 0.6 is 0 Å². The molecule has 1 spiro atoms. The quantitative estimate of drug-likeness (QED) is 0.486. The molecule has 3 aromatic rings. The first-order valence-corrected chi connectivity index (χ1v) is 9.94. The predicted octanol–water partition coefficient (Wildman–Crippen LogP) is 4.08. The van der Waals surface area contributed by atoms with E-state index in [9.17, 15) is 4.79 Å². The van der Waals surface area contributed by atoms with Gasteiger partial charge in [0.1, 0.15) is 11.4 Å². The standard InChI is InChI=1S/C23H23N3O3/c1-15-19(6-4-16-3-2-10-24-21(15)16)17-5-7-20-18(13-17)14-23(29-20)8-11-26(12-9-23)22(27)25-28/h2-7,10,13,28H,8-9,11-12,14H2,1H3,(H,25,27). The van der Waals surface area contributed by atoms with Crippen LogP contribution in [0.25, 0.3) is 22.0 Å². The summed E-state index contributed by atoms with van der Waals surface area (Å²) in [5.41, 5.74) is 7.25. The molecule has 0 aliphatic carbocycles. The van der Waals surface area contributed by atoms with Crippen molar-refractivity contribution in [3.05, 3.63) is 59.8 Å². The first-order valence-electron chi connectivity index (χ1n) is 9.94. The molecule has 0 unspecified atom stereocenters. The number of hydrogen-bond donors (Lipinski definition) is 2. The molecule has 29 heavy (non-hydrogen) atoms. The number of nitrogens with one attached hydrogen (secondary N) is 1. The van der Waals surface area contributed by atoms with Crippen molar-refractivity contribution < 1.29 is 14.7 Å². The molecular formula is C23H23N3O3. The zero-order valence-electron chi connectivity index (χ0n) is 16.3. The van der Waals surface area contributed by atoms with Gasteiger partial charge in [-0.3, -0.25) is 10.2 Å². The van der Waals surface area contributed by atoms with E-state index in [0.29, 0.717) is 13.1 Å². The predicted molar refractivity (Wildman–Crippen MR) is 110 cm³/mol. The SMILES string of the molecule is Cc1c(-c2ccc3c(c2)CC2(CCN(C(=O)NO)CC2)O3)ccc2cccnc12. The molecule has 0 atom stereocenters. The Morgan fingerprint density at radius 3 is 2.83 bits per heavy atom. The Bertz CT molecular complexity index is 1100. The van der Waals surface area contributed by atoms with Crippen LogP contribution in [0, 0.1) is 6.92 Å². The van der Waals surface area contributed by atoms with Gasteiger partial charge in [0.15, 0.2) is 0 Å². The highest BCUT2D eigenvalue weighted by Gasteiger charge is 2.42. The molecule has 0 saturated carbocycles. The van der Waals surface area contributed by atoms with Gasteiger partial charge < -0.3 is 9.64 Å². The Kier molecular flexibility index (Phi) is 4.17. The average Bonchev–Trinajstić information content (AvgIpc) is 3.11. The monoisotopic (exact) mass is 389 g/mol. The van der Waals surface area contributed by atoms with Crippen molar-refractivity contribution in [2.24, 2.45) is 0 Å². The van der Waals surface area contributed by atoms with Crippen LogP contribution in [0.1, 0.15) is 24.0 Å². The lowest BCUT2D eigenvalue weighted by Crippen LogP contribution is -2.51. The van der Waals surface area contributed by atoms with Gasteiger partial charge in [-0.2, -0.15) is 0 Å². The van der Waals surface area contributed by atoms with Crippen LogP contribution in [-0.4, -0.2) is 39.8 Å². The van der Waals surface area contributed by atoms with Crippen LogP contribution in [0.2, 0.25) is 0 Å². The smallest absolute Gasteiger partial charge is 0.341 e. The van der Waals surface area contributed by atoms with Crippen molar-refractivity contribution in [2.45, 2.75) is 31.8 Å². The van der Waals surface area contributed by atoms with Gasteiger partial charge >= 0.3 is 6.03 Å². The highest BCUT2D eigenvalue weighted by Crippen LogP contribution is 2.43. The number of carbonyl (C=O) groups excluding carboxylic acids is 1. The van der Waals surface area contributed by atoms with Crippen LogP contribution in [0.3, 0.4) is 0 Å². The molecule has 6 heteroatoms. The third-order valence-corrected chi connectivity index (χ3v) is 6.30. The van der Waals surface area contributed by atoms with Gasteiger partial charge in [0, 0.05) is 43.9 Å². The zero-order chi connectivity index (χ0) is 20.0. The Hall–Kier alpha value is -3.12. The van der Waals surface area contributed by atoms with Gasteiger partial charge in [-0.25, -0.2) is 10.3 Å². The zero-order valence-corrected chi connectivity index (χ0v) is 16.3. The summed E-state index contributed by atoms with van der Waals surface area (Å²) in [6.07, 6.45) is 4.19. The largest absolute Gasteiger partial charge is 0.487 e. The summed E-state index contributed by atoms with van der Waals surface area (Å²) in [6.45, 7) is 3.27. The van der Waals surface area contributed by atoms with Crippen LogP contribution in [0.15, 0.2) is 48.7 Å². The minimum Gasteiger partial charge on any atom is -0.487 e. The molecule has 5 rings (SSSR count). The number of hydrogen-bond acceptors (Lipinski definition) is 4. The van der Waals surface area contributed by atoms with Gasteiger partial charge in [0.2, 0.25) is 0 Å². The summed E-state index contributed by atoms with van der Waals surface area (Å²) in [4.78, 5) is 17.8. The third kappa shape index (κ3) is 3.00. The molecule has 2 aliphatic heterocycles. The number of pyridine rings is 1. The second-order valence-electron chi connectivity index (χ2n) is 8.00. The number of amides is 2. The number of nitrogens with zero attached hydrogens (tertiary/aromatic N) is 2. The Morgan fingerprint density at radius 1 is 1.21 bits per heavy atom. The van der Waals surface area contributed by atoms with E-state index in [4.69, 9.17) is 9.94 Å². The molecule has 0 radical (unpaired) electrons. The second kappa shape index (κ2) is 6.74. The summed E-state index contributed by atoms with van der Waals surface area (Å²) in [5, 5.41) is 9.99. The molecule has 1 saturated heterocycles. The molecule has 0 bridgehead atoms. The average molecular weight is 389 g/mol. The maximum Gasteiger partial charge on any atom is 0.341 e. The van der Waals surface area contributed by atoms with Crippen LogP contribution in [0.5, 0.6) is 5.75 Å². The molecular weight excluding hydrogens is 366 g/mol. The molecule has 2 N–H and O–H groups in total. The lowest BCUT2D eigenvalue weighted by Gasteiger charge is -2.38. The third-order valence-electron chi connectivity index (χ3n) is 6.30. The minimum atomic E-state index is -0.446. The van der Waals surface area contributed by atoms with E-state index in [-0.39, 0.29) is 5.60 Å². The summed E-state index contributed by atoms with van der Waals surface area (Å²) in [6, 6.07) is 14.3. The first-order chi connectivity index (χ1) is 14.1. The number of hydroxylamine groups is 1. The van der Waals surface area contributed by atoms with E-state index in [0.717, 1.165) is 35.9 Å². The molecule has 148 valence electrons. The minimum absolute atomic E-state index is 0.257. The number of fused-ring (bicyclic) bond motifs is 2. The van der Waals surface area contributed by atoms with E-state index in [1.165, 1.54) is 22.3 Å². The van der Waals surface area contributed by atoms with E-state index < -0.39 is 6.03 Å². The Labute approximate surface area is 169 Å². The van der Waals surface area contributed by atoms with Gasteiger partial charge in [-0.05, 0) is 47.4 Å². The number of aromatic nitrogens is 1. The first kappa shape index (κ1) is 17.9. The highest BCUT2D eigenvalue weighted by molar-refractivity contribution is 5.88. The normalized spacial score (nSPS) is 17.2. The molecule has 1 aromatic heterocycles. The van der Waals surface area contributed by atoms with Gasteiger partial charge in [0.25, 0.3) is 0 Å². The molecule has 1 fully saturated rings. The summed E-state index contributed by atoms with van der Waals surface area (Å²) in [7, 11) is 0. The lowest BCUT2D eigenvalue weighted by molar-refractivity contribution is 0.0242. The van der Waals surface area contributed by atoms with Crippen LogP contribution in [-0.2, 0) is 6.42 Å². The molecule has 6 nitrogen and oxygen atoms in total. The van der Waals surface area contributed by atoms with Gasteiger partial charge in [-0.1, -0.05) is 24.3 Å². The van der Waals surface area contributed by atoms with E-state index in [2.05, 4.69) is 48.3 Å². The lowest BCUT2D eigenvalue weighted by atomic mass is 9.86. The topological polar surface area (TPSA) is 74.7 Å². The summed E-state index contributed by atoms with van der Waals surface area (Å²) in [5.74, 6) is 0.936. The van der Waals surface area contributed by atoms with Crippen molar-refractivity contribution in [3.63, 3.8) is 0 Å². The molecule has 3 heterocycles. The number of likely N-dealkylation sites (tertiary alicyclic amines) is 1. The maximum atomic E-state index is 11.6. The molecule has 2 aromatic carbocycles. The van der Waals surface area contributed by atoms with Crippen molar-refractivity contribution in [1.82, 2.24) is 15.4 Å². The second-order valence-corrected chi connectivity index (χ2v) is 8.00. The fourth-order valence-electron chi connectivity index (χ4n) is 4.67. The maximum absolute atomic E-state index is 11.6. The number of urea groups is 1. The number of benzene rings is 2. The van der Waals surface area contributed by atoms with E-state index >= 15 is 0 Å². The summed E-state index contributed by atoms with van der Waals surface area (Å²) >= 11 is 0. The molecule has 2 aliphatic rings. The summed E-state index contributed by atoms with van der Waals surface area (Å²) < 4.78 is 6.36. The number of ether oxygens (including phenoxy) is 1. The fraction of sp³-hybridized carbons (Fsp3) is 0.304. The van der Waals surface area contributed by atoms with E-state index in [1.807, 2.05) is 12.3 Å². The fourth-order valence-corrected chi connectivity index (χ4v) is 4.67. The van der Waals surface area contributed by atoms with Crippen molar-refractivity contribution in [3.8, 4) is 16.9 Å². The number of carbonyl (C=O) groups is 1. The van der Waals surface area contributed by atoms with Gasteiger partial charge in [0.05, 0.1) is 5.52 Å². The van der Waals surface area contributed by atoms with E-state index in [1.54, 1.807) is 10.4 Å². The van der Waals surface area contributed by atoms with Crippen molar-refractivity contribution in [1.29, 1.82) is 0 Å². The van der Waals surface area contributed by atoms with Crippen LogP contribution in [0.4, 0.5) is 4.79 Å². The number of piperidine rings is 1. The number of aryl methyl sites for hydroxylation is 1. The highest BCUT2D eigenvalue weighted by atomic mass is 16.5. The Morgan fingerprint density at radius 2 is 2.03 bits per heavy atom. The Balaban J connectivity index is 1.42. The van der Waals surface area contributed by atoms with Crippen molar-refractivity contribution >= 4 is 16.9 Å². The van der Waals surface area contributed by atoms with Crippen LogP contribution < -0.4 is 10.2 Å². The van der Waals surface area contributed by atoms with Crippen molar-refractivity contribution in [2.75, 3.05) is 13.1 Å². The molecule has 2 amide bonds.